The smallest absolute Gasteiger partial charge is 0.236 e. The molecule has 2 amide bonds. The predicted octanol–water partition coefficient (Wildman–Crippen LogP) is 2.27. The van der Waals surface area contributed by atoms with Gasteiger partial charge in [0.2, 0.25) is 11.8 Å². The second-order valence-electron chi connectivity index (χ2n) is 8.38. The van der Waals surface area contributed by atoms with Crippen molar-refractivity contribution in [1.82, 2.24) is 14.7 Å². The Hall–Kier alpha value is -2.79. The number of piperazine rings is 1. The highest BCUT2D eigenvalue weighted by Gasteiger charge is 2.24. The highest BCUT2D eigenvalue weighted by molar-refractivity contribution is 5.78. The first-order chi connectivity index (χ1) is 15.6. The van der Waals surface area contributed by atoms with Crippen LogP contribution in [0.1, 0.15) is 44.1 Å². The molecule has 174 valence electrons. The first-order valence-electron chi connectivity index (χ1n) is 11.6. The lowest BCUT2D eigenvalue weighted by Gasteiger charge is -2.35. The lowest BCUT2D eigenvalue weighted by atomic mass is 10.2. The molecule has 3 rings (SSSR count). The molecule has 0 spiro atoms. The lowest BCUT2D eigenvalue weighted by Crippen LogP contribution is -2.51. The van der Waals surface area contributed by atoms with Crippen LogP contribution < -0.4 is 9.47 Å². The van der Waals surface area contributed by atoms with E-state index >= 15 is 0 Å². The minimum atomic E-state index is 0.124. The molecule has 2 heterocycles. The number of carbonyl (C=O) groups is 2. The number of amides is 2. The molecule has 0 atom stereocenters. The molecule has 32 heavy (non-hydrogen) atoms. The van der Waals surface area contributed by atoms with E-state index < -0.39 is 0 Å². The van der Waals surface area contributed by atoms with E-state index in [0.29, 0.717) is 56.1 Å². The maximum Gasteiger partial charge on any atom is 0.236 e. The number of likely N-dealkylation sites (tertiary alicyclic amines) is 1. The van der Waals surface area contributed by atoms with E-state index in [4.69, 9.17) is 14.7 Å². The molecule has 0 saturated carbocycles. The van der Waals surface area contributed by atoms with Gasteiger partial charge in [0.15, 0.2) is 11.5 Å². The molecule has 0 radical (unpaired) electrons. The van der Waals surface area contributed by atoms with E-state index in [2.05, 4.69) is 11.0 Å². The predicted molar refractivity (Wildman–Crippen MR) is 121 cm³/mol. The number of benzene rings is 1. The van der Waals surface area contributed by atoms with E-state index in [1.54, 1.807) is 18.2 Å². The van der Waals surface area contributed by atoms with Crippen LogP contribution in [-0.2, 0) is 9.59 Å². The molecule has 1 aromatic carbocycles. The molecule has 2 aliphatic rings. The van der Waals surface area contributed by atoms with Gasteiger partial charge in [-0.2, -0.15) is 5.26 Å². The zero-order valence-electron chi connectivity index (χ0n) is 19.1. The summed E-state index contributed by atoms with van der Waals surface area (Å²) in [6.07, 6.45) is 5.68. The van der Waals surface area contributed by atoms with Crippen molar-refractivity contribution in [2.75, 3.05) is 59.5 Å². The minimum Gasteiger partial charge on any atom is -0.493 e. The van der Waals surface area contributed by atoms with E-state index in [0.717, 1.165) is 39.0 Å². The first-order valence-corrected chi connectivity index (χ1v) is 11.6. The molecule has 0 unspecified atom stereocenters. The van der Waals surface area contributed by atoms with Gasteiger partial charge in [0, 0.05) is 51.8 Å². The van der Waals surface area contributed by atoms with Crippen molar-refractivity contribution in [3.63, 3.8) is 0 Å². The fraction of sp³-hybridized carbons (Fsp3) is 0.625. The topological polar surface area (TPSA) is 86.1 Å². The number of nitrogens with zero attached hydrogens (tertiary/aromatic N) is 4. The number of nitriles is 1. The molecular formula is C24H34N4O4. The van der Waals surface area contributed by atoms with Gasteiger partial charge in [-0.15, -0.1) is 0 Å². The Morgan fingerprint density at radius 1 is 0.938 bits per heavy atom. The summed E-state index contributed by atoms with van der Waals surface area (Å²) in [7, 11) is 1.54. The Kier molecular flexibility index (Phi) is 9.17. The molecule has 2 saturated heterocycles. The SMILES string of the molecule is COc1cc(C#N)ccc1OCCCC(=O)N1CCN(CC(=O)N2CCCCCC2)CC1. The fourth-order valence-electron chi connectivity index (χ4n) is 4.19. The molecule has 0 N–H and O–H groups in total. The zero-order chi connectivity index (χ0) is 22.8. The summed E-state index contributed by atoms with van der Waals surface area (Å²) < 4.78 is 11.0. The second-order valence-corrected chi connectivity index (χ2v) is 8.38. The van der Waals surface area contributed by atoms with Gasteiger partial charge < -0.3 is 19.3 Å². The average molecular weight is 443 g/mol. The Bertz CT molecular complexity index is 807. The van der Waals surface area contributed by atoms with Crippen LogP contribution in [0.4, 0.5) is 0 Å². The average Bonchev–Trinajstić information content (AvgIpc) is 3.12. The van der Waals surface area contributed by atoms with Crippen molar-refractivity contribution < 1.29 is 19.1 Å². The number of methoxy groups -OCH3 is 1. The van der Waals surface area contributed by atoms with Gasteiger partial charge in [0.25, 0.3) is 0 Å². The number of ether oxygens (including phenoxy) is 2. The van der Waals surface area contributed by atoms with Crippen LogP contribution in [0.25, 0.3) is 0 Å². The minimum absolute atomic E-state index is 0.124. The number of hydrogen-bond acceptors (Lipinski definition) is 6. The molecule has 2 aliphatic heterocycles. The Morgan fingerprint density at radius 2 is 1.62 bits per heavy atom. The van der Waals surface area contributed by atoms with Gasteiger partial charge in [-0.3, -0.25) is 14.5 Å². The van der Waals surface area contributed by atoms with Crippen LogP contribution in [0.5, 0.6) is 11.5 Å². The van der Waals surface area contributed by atoms with Crippen molar-refractivity contribution in [2.45, 2.75) is 38.5 Å². The Morgan fingerprint density at radius 3 is 2.28 bits per heavy atom. The van der Waals surface area contributed by atoms with Crippen molar-refractivity contribution in [2.24, 2.45) is 0 Å². The summed E-state index contributed by atoms with van der Waals surface area (Å²) >= 11 is 0. The summed E-state index contributed by atoms with van der Waals surface area (Å²) in [5.41, 5.74) is 0.511. The van der Waals surface area contributed by atoms with Gasteiger partial charge in [0.05, 0.1) is 31.9 Å². The molecule has 8 nitrogen and oxygen atoms in total. The van der Waals surface area contributed by atoms with Crippen LogP contribution >= 0.6 is 0 Å². The normalized spacial score (nSPS) is 17.4. The van der Waals surface area contributed by atoms with Gasteiger partial charge in [-0.05, 0) is 31.4 Å². The standard InChI is InChI=1S/C24H34N4O4/c1-31-22-17-20(18-25)8-9-21(22)32-16-6-7-23(29)28-14-12-26(13-15-28)19-24(30)27-10-4-2-3-5-11-27/h8-9,17H,2-7,10-16,19H2,1H3. The molecule has 8 heteroatoms. The van der Waals surface area contributed by atoms with Crippen molar-refractivity contribution in [3.05, 3.63) is 23.8 Å². The van der Waals surface area contributed by atoms with E-state index in [-0.39, 0.29) is 11.8 Å². The Balaban J connectivity index is 1.34. The fourth-order valence-corrected chi connectivity index (χ4v) is 4.19. The van der Waals surface area contributed by atoms with Crippen LogP contribution in [0.15, 0.2) is 18.2 Å². The van der Waals surface area contributed by atoms with Crippen LogP contribution in [0.3, 0.4) is 0 Å². The van der Waals surface area contributed by atoms with Gasteiger partial charge in [-0.25, -0.2) is 0 Å². The third kappa shape index (κ3) is 6.86. The largest absolute Gasteiger partial charge is 0.493 e. The van der Waals surface area contributed by atoms with Crippen molar-refractivity contribution in [1.29, 1.82) is 5.26 Å². The second kappa shape index (κ2) is 12.3. The van der Waals surface area contributed by atoms with E-state index in [1.165, 1.54) is 20.0 Å². The Labute approximate surface area is 190 Å². The van der Waals surface area contributed by atoms with Gasteiger partial charge >= 0.3 is 0 Å². The maximum absolute atomic E-state index is 12.6. The monoisotopic (exact) mass is 442 g/mol. The number of hydrogen-bond donors (Lipinski definition) is 0. The molecule has 2 fully saturated rings. The quantitative estimate of drug-likeness (QED) is 0.574. The van der Waals surface area contributed by atoms with Crippen LogP contribution in [-0.4, -0.2) is 86.0 Å². The van der Waals surface area contributed by atoms with Crippen LogP contribution in [0.2, 0.25) is 0 Å². The first kappa shape index (κ1) is 23.9. The molecule has 0 bridgehead atoms. The lowest BCUT2D eigenvalue weighted by molar-refractivity contribution is -0.135. The van der Waals surface area contributed by atoms with E-state index in [9.17, 15) is 9.59 Å². The number of carbonyl (C=O) groups excluding carboxylic acids is 2. The van der Waals surface area contributed by atoms with E-state index in [1.807, 2.05) is 9.80 Å². The summed E-state index contributed by atoms with van der Waals surface area (Å²) in [4.78, 5) is 31.2. The summed E-state index contributed by atoms with van der Waals surface area (Å²) in [6, 6.07) is 7.10. The maximum atomic E-state index is 12.6. The van der Waals surface area contributed by atoms with Crippen molar-refractivity contribution >= 4 is 11.8 Å². The summed E-state index contributed by atoms with van der Waals surface area (Å²) in [6.45, 7) is 5.43. The van der Waals surface area contributed by atoms with Crippen molar-refractivity contribution in [3.8, 4) is 17.6 Å². The van der Waals surface area contributed by atoms with Crippen LogP contribution in [0, 0.1) is 11.3 Å². The summed E-state index contributed by atoms with van der Waals surface area (Å²) in [5, 5.41) is 8.97. The third-order valence-corrected chi connectivity index (χ3v) is 6.13. The van der Waals surface area contributed by atoms with Gasteiger partial charge in [0.1, 0.15) is 0 Å². The zero-order valence-corrected chi connectivity index (χ0v) is 19.1. The number of rotatable bonds is 8. The molecule has 0 aromatic heterocycles. The highest BCUT2D eigenvalue weighted by Crippen LogP contribution is 2.28. The molecular weight excluding hydrogens is 408 g/mol. The molecule has 0 aliphatic carbocycles. The van der Waals surface area contributed by atoms with Gasteiger partial charge in [-0.1, -0.05) is 12.8 Å². The highest BCUT2D eigenvalue weighted by atomic mass is 16.5. The molecule has 1 aromatic rings. The summed E-state index contributed by atoms with van der Waals surface area (Å²) in [5.74, 6) is 1.43. The third-order valence-electron chi connectivity index (χ3n) is 6.13.